The van der Waals surface area contributed by atoms with Gasteiger partial charge in [0.25, 0.3) is 0 Å². The first kappa shape index (κ1) is 14.1. The number of thiophene rings is 1. The lowest BCUT2D eigenvalue weighted by atomic mass is 9.74. The van der Waals surface area contributed by atoms with E-state index in [2.05, 4.69) is 26.0 Å². The van der Waals surface area contributed by atoms with Crippen LogP contribution in [0.5, 0.6) is 0 Å². The molecule has 0 fully saturated rings. The van der Waals surface area contributed by atoms with Gasteiger partial charge in [-0.25, -0.2) is 0 Å². The van der Waals surface area contributed by atoms with Crippen LogP contribution in [0.3, 0.4) is 0 Å². The average Bonchev–Trinajstić information content (AvgIpc) is 3.04. The highest BCUT2D eigenvalue weighted by Gasteiger charge is 2.38. The number of nitrogens with zero attached hydrogens (tertiary/aromatic N) is 1. The van der Waals surface area contributed by atoms with Crippen molar-refractivity contribution in [2.45, 2.75) is 39.0 Å². The normalized spacial score (nSPS) is 27.1. The number of hydrogen-bond donors (Lipinski definition) is 0. The van der Waals surface area contributed by atoms with Gasteiger partial charge in [-0.15, -0.1) is 23.1 Å². The summed E-state index contributed by atoms with van der Waals surface area (Å²) in [5.74, 6) is 1.56. The summed E-state index contributed by atoms with van der Waals surface area (Å²) in [7, 11) is 0. The first-order chi connectivity index (χ1) is 10.0. The van der Waals surface area contributed by atoms with E-state index in [1.807, 2.05) is 17.8 Å². The first-order valence-electron chi connectivity index (χ1n) is 7.45. The Morgan fingerprint density at radius 3 is 2.90 bits per heavy atom. The van der Waals surface area contributed by atoms with E-state index >= 15 is 0 Å². The van der Waals surface area contributed by atoms with E-state index in [0.717, 1.165) is 17.2 Å². The van der Waals surface area contributed by atoms with Crippen molar-refractivity contribution >= 4 is 40.4 Å². The zero-order chi connectivity index (χ0) is 14.6. The molecule has 1 nitrogen and oxygen atoms in total. The second-order valence-electron chi connectivity index (χ2n) is 6.63. The van der Waals surface area contributed by atoms with Crippen molar-refractivity contribution in [1.82, 2.24) is 0 Å². The molecule has 0 aromatic carbocycles. The first-order valence-corrected chi connectivity index (χ1v) is 9.63. The molecule has 4 rings (SSSR count). The van der Waals surface area contributed by atoms with E-state index < -0.39 is 0 Å². The largest absolute Gasteiger partial charge is 0.257 e. The molecule has 3 heterocycles. The van der Waals surface area contributed by atoms with Gasteiger partial charge in [0.15, 0.2) is 0 Å². The maximum absolute atomic E-state index is 6.20. The van der Waals surface area contributed by atoms with Crippen molar-refractivity contribution in [2.24, 2.45) is 10.4 Å². The number of rotatable bonds is 1. The number of fused-ring (bicyclic) bond motifs is 1. The van der Waals surface area contributed by atoms with E-state index in [-0.39, 0.29) is 5.41 Å². The Kier molecular flexibility index (Phi) is 3.36. The van der Waals surface area contributed by atoms with Crippen LogP contribution in [0.15, 0.2) is 39.4 Å². The van der Waals surface area contributed by atoms with E-state index in [0.29, 0.717) is 5.92 Å². The lowest BCUT2D eigenvalue weighted by Crippen LogP contribution is -2.26. The molecule has 0 amide bonds. The van der Waals surface area contributed by atoms with Gasteiger partial charge < -0.3 is 0 Å². The second-order valence-corrected chi connectivity index (χ2v) is 9.51. The zero-order valence-corrected chi connectivity index (χ0v) is 14.7. The maximum Gasteiger partial charge on any atom is 0.0931 e. The van der Waals surface area contributed by atoms with Crippen LogP contribution in [0.2, 0.25) is 4.34 Å². The van der Waals surface area contributed by atoms with Gasteiger partial charge in [0.05, 0.1) is 16.0 Å². The molecule has 1 unspecified atom stereocenters. The number of aliphatic imine (C=N–C) groups is 1. The molecule has 1 atom stereocenters. The maximum atomic E-state index is 6.20. The molecule has 4 heteroatoms. The molecule has 0 saturated heterocycles. The number of allylic oxidation sites excluding steroid dienone is 4. The topological polar surface area (TPSA) is 12.4 Å². The summed E-state index contributed by atoms with van der Waals surface area (Å²) in [6.45, 7) is 4.67. The molecule has 0 bridgehead atoms. The van der Waals surface area contributed by atoms with Gasteiger partial charge in [0.2, 0.25) is 0 Å². The van der Waals surface area contributed by atoms with Crippen LogP contribution in [0.4, 0.5) is 0 Å². The second kappa shape index (κ2) is 5.00. The summed E-state index contributed by atoms with van der Waals surface area (Å²) < 4.78 is 0.884. The standard InChI is InChI=1S/C17H18ClNS2/c1-17(2)7-5-11-10(9-17)15(13-3-4-14(18)21-13)16-12(19-11)6-8-20-16/h3-4,9,15H,5-8H2,1-2H3. The Labute approximate surface area is 139 Å². The minimum absolute atomic E-state index is 0.273. The van der Waals surface area contributed by atoms with Gasteiger partial charge >= 0.3 is 0 Å². The number of hydrogen-bond acceptors (Lipinski definition) is 3. The van der Waals surface area contributed by atoms with Crippen LogP contribution >= 0.6 is 34.7 Å². The van der Waals surface area contributed by atoms with Gasteiger partial charge in [-0.3, -0.25) is 4.99 Å². The van der Waals surface area contributed by atoms with E-state index in [4.69, 9.17) is 16.6 Å². The van der Waals surface area contributed by atoms with Crippen LogP contribution in [-0.4, -0.2) is 11.5 Å². The zero-order valence-electron chi connectivity index (χ0n) is 12.3. The van der Waals surface area contributed by atoms with E-state index in [1.54, 1.807) is 11.3 Å². The molecule has 0 saturated carbocycles. The van der Waals surface area contributed by atoms with E-state index in [1.165, 1.54) is 38.9 Å². The van der Waals surface area contributed by atoms with Crippen molar-refractivity contribution in [2.75, 3.05) is 5.75 Å². The molecule has 1 aromatic heterocycles. The third-order valence-electron chi connectivity index (χ3n) is 4.49. The Balaban J connectivity index is 1.88. The summed E-state index contributed by atoms with van der Waals surface area (Å²) in [5, 5.41) is 0. The minimum atomic E-state index is 0.273. The van der Waals surface area contributed by atoms with Crippen molar-refractivity contribution in [3.05, 3.63) is 43.6 Å². The third kappa shape index (κ3) is 2.43. The summed E-state index contributed by atoms with van der Waals surface area (Å²) in [6, 6.07) is 4.23. The molecule has 0 radical (unpaired) electrons. The average molecular weight is 336 g/mol. The summed E-state index contributed by atoms with van der Waals surface area (Å²) >= 11 is 9.91. The van der Waals surface area contributed by atoms with Gasteiger partial charge in [-0.1, -0.05) is 31.5 Å². The van der Waals surface area contributed by atoms with Crippen LogP contribution in [0.25, 0.3) is 0 Å². The minimum Gasteiger partial charge on any atom is -0.257 e. The van der Waals surface area contributed by atoms with Crippen LogP contribution in [-0.2, 0) is 0 Å². The molecule has 110 valence electrons. The van der Waals surface area contributed by atoms with Crippen molar-refractivity contribution in [3.8, 4) is 0 Å². The third-order valence-corrected chi connectivity index (χ3v) is 6.97. The fourth-order valence-electron chi connectivity index (χ4n) is 3.43. The predicted octanol–water partition coefficient (Wildman–Crippen LogP) is 6.03. The van der Waals surface area contributed by atoms with Crippen molar-refractivity contribution < 1.29 is 0 Å². The van der Waals surface area contributed by atoms with Gasteiger partial charge in [0.1, 0.15) is 0 Å². The molecular formula is C17H18ClNS2. The van der Waals surface area contributed by atoms with Gasteiger partial charge in [0, 0.05) is 21.2 Å². The molecule has 0 N–H and O–H groups in total. The Bertz CT molecular complexity index is 693. The Hall–Kier alpha value is -0.510. The highest BCUT2D eigenvalue weighted by atomic mass is 35.5. The summed E-state index contributed by atoms with van der Waals surface area (Å²) in [6.07, 6.45) is 5.89. The molecule has 2 aliphatic heterocycles. The van der Waals surface area contributed by atoms with Gasteiger partial charge in [-0.05, 0) is 42.4 Å². The van der Waals surface area contributed by atoms with Crippen LogP contribution in [0.1, 0.15) is 43.9 Å². The highest BCUT2D eigenvalue weighted by Crippen LogP contribution is 2.53. The molecule has 0 spiro atoms. The quantitative estimate of drug-likeness (QED) is 0.610. The fourth-order valence-corrected chi connectivity index (χ4v) is 5.94. The number of thioether (sulfide) groups is 1. The fraction of sp³-hybridized carbons (Fsp3) is 0.471. The van der Waals surface area contributed by atoms with Crippen molar-refractivity contribution in [3.63, 3.8) is 0 Å². The molecule has 3 aliphatic rings. The van der Waals surface area contributed by atoms with Crippen LogP contribution in [0, 0.1) is 5.41 Å². The Morgan fingerprint density at radius 1 is 1.29 bits per heavy atom. The van der Waals surface area contributed by atoms with Gasteiger partial charge in [-0.2, -0.15) is 0 Å². The Morgan fingerprint density at radius 2 is 2.14 bits per heavy atom. The molecule has 1 aliphatic carbocycles. The predicted molar refractivity (Wildman–Crippen MR) is 94.7 cm³/mol. The number of halogens is 1. The highest BCUT2D eigenvalue weighted by molar-refractivity contribution is 8.03. The smallest absolute Gasteiger partial charge is 0.0931 e. The van der Waals surface area contributed by atoms with Crippen molar-refractivity contribution in [1.29, 1.82) is 0 Å². The van der Waals surface area contributed by atoms with E-state index in [9.17, 15) is 0 Å². The summed E-state index contributed by atoms with van der Waals surface area (Å²) in [5.41, 5.74) is 4.37. The molecule has 1 aromatic rings. The molecule has 21 heavy (non-hydrogen) atoms. The lowest BCUT2D eigenvalue weighted by Gasteiger charge is -2.35. The lowest BCUT2D eigenvalue weighted by molar-refractivity contribution is 0.435. The summed E-state index contributed by atoms with van der Waals surface area (Å²) in [4.78, 5) is 7.84. The SMILES string of the molecule is CC1(C)C=C2C(=NC3=C(SCC3)C2c2ccc(Cl)s2)CC1. The van der Waals surface area contributed by atoms with Crippen LogP contribution < -0.4 is 0 Å². The molecular weight excluding hydrogens is 318 g/mol. The monoisotopic (exact) mass is 335 g/mol.